The van der Waals surface area contributed by atoms with Gasteiger partial charge in [-0.25, -0.2) is 4.98 Å². The third-order valence-electron chi connectivity index (χ3n) is 1.84. The summed E-state index contributed by atoms with van der Waals surface area (Å²) >= 11 is 0. The highest BCUT2D eigenvalue weighted by Gasteiger charge is 2.20. The molecule has 4 N–H and O–H groups in total. The van der Waals surface area contributed by atoms with Crippen LogP contribution in [0.3, 0.4) is 0 Å². The Bertz CT molecular complexity index is 382. The van der Waals surface area contributed by atoms with E-state index in [2.05, 4.69) is 20.8 Å². The van der Waals surface area contributed by atoms with Gasteiger partial charge in [0.2, 0.25) is 11.9 Å². The SMILES string of the molecule is Cc1cc(N)nc(NNC(=O)C(C)(C)C)n1.Cl. The van der Waals surface area contributed by atoms with Crippen molar-refractivity contribution in [2.75, 3.05) is 11.2 Å². The molecule has 17 heavy (non-hydrogen) atoms. The van der Waals surface area contributed by atoms with Gasteiger partial charge in [-0.2, -0.15) is 4.98 Å². The minimum atomic E-state index is -0.470. The minimum Gasteiger partial charge on any atom is -0.384 e. The highest BCUT2D eigenvalue weighted by Crippen LogP contribution is 2.12. The molecule has 1 heterocycles. The number of nitrogens with zero attached hydrogens (tertiary/aromatic N) is 2. The molecule has 1 rings (SSSR count). The molecule has 0 saturated carbocycles. The molecule has 0 fully saturated rings. The van der Waals surface area contributed by atoms with Crippen molar-refractivity contribution < 1.29 is 4.79 Å². The first-order chi connectivity index (χ1) is 7.29. The van der Waals surface area contributed by atoms with Crippen molar-refractivity contribution in [2.24, 2.45) is 5.41 Å². The van der Waals surface area contributed by atoms with E-state index in [0.717, 1.165) is 5.69 Å². The van der Waals surface area contributed by atoms with Crippen LogP contribution < -0.4 is 16.6 Å². The van der Waals surface area contributed by atoms with Crippen LogP contribution >= 0.6 is 12.4 Å². The van der Waals surface area contributed by atoms with Crippen molar-refractivity contribution in [1.29, 1.82) is 0 Å². The maximum Gasteiger partial charge on any atom is 0.243 e. The normalized spacial score (nSPS) is 10.4. The summed E-state index contributed by atoms with van der Waals surface area (Å²) in [5.41, 5.74) is 11.0. The number of nitrogens with one attached hydrogen (secondary N) is 2. The van der Waals surface area contributed by atoms with Gasteiger partial charge in [0.25, 0.3) is 0 Å². The number of aryl methyl sites for hydroxylation is 1. The quantitative estimate of drug-likeness (QED) is 0.696. The third kappa shape index (κ3) is 4.86. The largest absolute Gasteiger partial charge is 0.384 e. The van der Waals surface area contributed by atoms with Gasteiger partial charge in [-0.1, -0.05) is 20.8 Å². The zero-order valence-corrected chi connectivity index (χ0v) is 11.2. The van der Waals surface area contributed by atoms with Crippen molar-refractivity contribution >= 4 is 30.1 Å². The molecule has 6 nitrogen and oxygen atoms in total. The zero-order valence-electron chi connectivity index (χ0n) is 10.4. The fourth-order valence-electron chi connectivity index (χ4n) is 0.949. The first kappa shape index (κ1) is 15.4. The van der Waals surface area contributed by atoms with E-state index < -0.39 is 5.41 Å². The highest BCUT2D eigenvalue weighted by molar-refractivity contribution is 5.85. The Balaban J connectivity index is 0.00000256. The fourth-order valence-corrected chi connectivity index (χ4v) is 0.949. The molecule has 1 aromatic heterocycles. The third-order valence-corrected chi connectivity index (χ3v) is 1.84. The van der Waals surface area contributed by atoms with Gasteiger partial charge in [0.1, 0.15) is 5.82 Å². The van der Waals surface area contributed by atoms with Crippen LogP contribution in [0.4, 0.5) is 11.8 Å². The van der Waals surface area contributed by atoms with Crippen LogP contribution in [0.2, 0.25) is 0 Å². The van der Waals surface area contributed by atoms with E-state index in [1.165, 1.54) is 0 Å². The molecule has 0 bridgehead atoms. The average molecular weight is 260 g/mol. The Morgan fingerprint density at radius 1 is 1.35 bits per heavy atom. The minimum absolute atomic E-state index is 0. The number of nitrogen functional groups attached to an aromatic ring is 1. The number of hydrazine groups is 1. The topological polar surface area (TPSA) is 92.9 Å². The summed E-state index contributed by atoms with van der Waals surface area (Å²) in [5.74, 6) is 0.506. The number of aromatic nitrogens is 2. The van der Waals surface area contributed by atoms with E-state index >= 15 is 0 Å². The molecule has 0 atom stereocenters. The van der Waals surface area contributed by atoms with Crippen LogP contribution in [-0.4, -0.2) is 15.9 Å². The predicted octanol–water partition coefficient (Wildman–Crippen LogP) is 1.28. The van der Waals surface area contributed by atoms with Crippen LogP contribution in [0.25, 0.3) is 0 Å². The summed E-state index contributed by atoms with van der Waals surface area (Å²) < 4.78 is 0. The molecule has 0 aromatic carbocycles. The van der Waals surface area contributed by atoms with Crippen LogP contribution in [0.5, 0.6) is 0 Å². The lowest BCUT2D eigenvalue weighted by atomic mass is 9.96. The number of rotatable bonds is 2. The lowest BCUT2D eigenvalue weighted by Crippen LogP contribution is -2.39. The molecule has 0 spiro atoms. The Morgan fingerprint density at radius 3 is 2.41 bits per heavy atom. The van der Waals surface area contributed by atoms with Crippen LogP contribution in [0.1, 0.15) is 26.5 Å². The monoisotopic (exact) mass is 259 g/mol. The summed E-state index contributed by atoms with van der Waals surface area (Å²) in [5, 5.41) is 0. The van der Waals surface area contributed by atoms with Gasteiger partial charge < -0.3 is 5.73 Å². The number of anilines is 2. The van der Waals surface area contributed by atoms with Gasteiger partial charge in [-0.15, -0.1) is 12.4 Å². The summed E-state index contributed by atoms with van der Waals surface area (Å²) in [4.78, 5) is 19.5. The van der Waals surface area contributed by atoms with Gasteiger partial charge in [-0.05, 0) is 6.92 Å². The van der Waals surface area contributed by atoms with Crippen LogP contribution in [0.15, 0.2) is 6.07 Å². The first-order valence-corrected chi connectivity index (χ1v) is 4.96. The van der Waals surface area contributed by atoms with E-state index in [4.69, 9.17) is 5.73 Å². The number of amides is 1. The second kappa shape index (κ2) is 5.67. The summed E-state index contributed by atoms with van der Waals surface area (Å²) in [6, 6.07) is 1.65. The maximum atomic E-state index is 11.5. The van der Waals surface area contributed by atoms with E-state index in [0.29, 0.717) is 5.82 Å². The number of carbonyl (C=O) groups is 1. The Hall–Kier alpha value is -1.56. The molecule has 0 aliphatic carbocycles. The average Bonchev–Trinajstić information content (AvgIpc) is 2.11. The predicted molar refractivity (Wildman–Crippen MR) is 69.6 cm³/mol. The van der Waals surface area contributed by atoms with Crippen molar-refractivity contribution in [3.63, 3.8) is 0 Å². The zero-order chi connectivity index (χ0) is 12.3. The number of carbonyl (C=O) groups excluding carboxylic acids is 1. The van der Waals surface area contributed by atoms with Crippen molar-refractivity contribution in [2.45, 2.75) is 27.7 Å². The molecule has 1 amide bonds. The molecule has 7 heteroatoms. The second-order valence-electron chi connectivity index (χ2n) is 4.59. The van der Waals surface area contributed by atoms with Crippen molar-refractivity contribution in [1.82, 2.24) is 15.4 Å². The molecule has 0 saturated heterocycles. The van der Waals surface area contributed by atoms with Crippen LogP contribution in [0, 0.1) is 12.3 Å². The van der Waals surface area contributed by atoms with E-state index in [1.807, 2.05) is 20.8 Å². The summed E-state index contributed by atoms with van der Waals surface area (Å²) in [7, 11) is 0. The van der Waals surface area contributed by atoms with E-state index in [9.17, 15) is 4.79 Å². The number of nitrogens with two attached hydrogens (primary N) is 1. The Kier molecular flexibility index (Phi) is 5.15. The standard InChI is InChI=1S/C10H17N5O.ClH/c1-6-5-7(11)13-9(12-6)15-14-8(16)10(2,3)4;/h5H,1-4H3,(H,14,16)(H3,11,12,13,15);1H. The molecular formula is C10H18ClN5O. The molecule has 0 radical (unpaired) electrons. The maximum absolute atomic E-state index is 11.5. The Labute approximate surface area is 107 Å². The van der Waals surface area contributed by atoms with Crippen molar-refractivity contribution in [3.05, 3.63) is 11.8 Å². The fraction of sp³-hybridized carbons (Fsp3) is 0.500. The Morgan fingerprint density at radius 2 is 1.94 bits per heavy atom. The summed E-state index contributed by atoms with van der Waals surface area (Å²) in [6.45, 7) is 7.25. The molecule has 0 aliphatic heterocycles. The number of halogens is 1. The van der Waals surface area contributed by atoms with Crippen LogP contribution in [-0.2, 0) is 4.79 Å². The van der Waals surface area contributed by atoms with Gasteiger partial charge in [0.05, 0.1) is 0 Å². The van der Waals surface area contributed by atoms with Gasteiger partial charge >= 0.3 is 0 Å². The number of hydrogen-bond donors (Lipinski definition) is 3. The second-order valence-corrected chi connectivity index (χ2v) is 4.59. The van der Waals surface area contributed by atoms with Crippen molar-refractivity contribution in [3.8, 4) is 0 Å². The smallest absolute Gasteiger partial charge is 0.243 e. The molecule has 1 aromatic rings. The van der Waals surface area contributed by atoms with Gasteiger partial charge in [0, 0.05) is 17.2 Å². The van der Waals surface area contributed by atoms with Gasteiger partial charge in [0.15, 0.2) is 0 Å². The van der Waals surface area contributed by atoms with E-state index in [1.54, 1.807) is 13.0 Å². The lowest BCUT2D eigenvalue weighted by Gasteiger charge is -2.17. The lowest BCUT2D eigenvalue weighted by molar-refractivity contribution is -0.127. The number of hydrogen-bond acceptors (Lipinski definition) is 5. The molecular weight excluding hydrogens is 242 g/mol. The molecule has 96 valence electrons. The first-order valence-electron chi connectivity index (χ1n) is 4.96. The summed E-state index contributed by atoms with van der Waals surface area (Å²) in [6.07, 6.45) is 0. The van der Waals surface area contributed by atoms with E-state index in [-0.39, 0.29) is 24.3 Å². The molecule has 0 unspecified atom stereocenters. The molecule has 0 aliphatic rings. The highest BCUT2D eigenvalue weighted by atomic mass is 35.5. The van der Waals surface area contributed by atoms with Gasteiger partial charge in [-0.3, -0.25) is 15.6 Å².